The first-order valence-electron chi connectivity index (χ1n) is 7.80. The number of hydrogen-bond acceptors (Lipinski definition) is 2. The Morgan fingerprint density at radius 3 is 2.08 bits per heavy atom. The second-order valence-electron chi connectivity index (χ2n) is 5.27. The van der Waals surface area contributed by atoms with Crippen LogP contribution in [0.4, 0.5) is 20.6 Å². The molecular weight excluding hydrogens is 309 g/mol. The van der Waals surface area contributed by atoms with Gasteiger partial charge in [-0.05, 0) is 55.0 Å². The summed E-state index contributed by atoms with van der Waals surface area (Å²) in [4.78, 5) is 23.7. The lowest BCUT2D eigenvalue weighted by molar-refractivity contribution is 0.102. The molecule has 0 saturated carbocycles. The summed E-state index contributed by atoms with van der Waals surface area (Å²) in [6.07, 6.45) is 1.95. The Kier molecular flexibility index (Phi) is 6.31. The van der Waals surface area contributed by atoms with Gasteiger partial charge in [0, 0.05) is 23.5 Å². The van der Waals surface area contributed by atoms with E-state index >= 15 is 0 Å². The highest BCUT2D eigenvalue weighted by Crippen LogP contribution is 2.15. The van der Waals surface area contributed by atoms with Gasteiger partial charge >= 0.3 is 6.03 Å². The van der Waals surface area contributed by atoms with Gasteiger partial charge in [-0.15, -0.1) is 0 Å². The summed E-state index contributed by atoms with van der Waals surface area (Å²) in [6, 6.07) is 11.8. The second kappa shape index (κ2) is 8.67. The molecule has 0 radical (unpaired) electrons. The van der Waals surface area contributed by atoms with Crippen molar-refractivity contribution in [1.82, 2.24) is 5.32 Å². The summed E-state index contributed by atoms with van der Waals surface area (Å²) >= 11 is 0. The number of unbranched alkanes of at least 4 members (excludes halogenated alkanes) is 1. The van der Waals surface area contributed by atoms with Gasteiger partial charge in [-0.2, -0.15) is 0 Å². The summed E-state index contributed by atoms with van der Waals surface area (Å²) in [7, 11) is 0. The van der Waals surface area contributed by atoms with Crippen molar-refractivity contribution in [2.24, 2.45) is 0 Å². The average molecular weight is 329 g/mol. The average Bonchev–Trinajstić information content (AvgIpc) is 2.57. The fourth-order valence-electron chi connectivity index (χ4n) is 2.00. The number of anilines is 2. The van der Waals surface area contributed by atoms with Crippen molar-refractivity contribution >= 4 is 23.3 Å². The molecule has 0 unspecified atom stereocenters. The van der Waals surface area contributed by atoms with E-state index in [1.807, 2.05) is 0 Å². The van der Waals surface area contributed by atoms with E-state index in [9.17, 15) is 14.0 Å². The largest absolute Gasteiger partial charge is 0.338 e. The number of amides is 3. The van der Waals surface area contributed by atoms with Crippen molar-refractivity contribution in [2.45, 2.75) is 19.8 Å². The van der Waals surface area contributed by atoms with Gasteiger partial charge in [-0.3, -0.25) is 4.79 Å². The third-order valence-corrected chi connectivity index (χ3v) is 3.32. The first-order valence-corrected chi connectivity index (χ1v) is 7.80. The molecule has 0 fully saturated rings. The Hall–Kier alpha value is -2.89. The number of urea groups is 1. The molecule has 0 saturated heterocycles. The fourth-order valence-corrected chi connectivity index (χ4v) is 2.00. The highest BCUT2D eigenvalue weighted by atomic mass is 19.1. The zero-order chi connectivity index (χ0) is 17.4. The highest BCUT2D eigenvalue weighted by Gasteiger charge is 2.06. The quantitative estimate of drug-likeness (QED) is 0.701. The first-order chi connectivity index (χ1) is 11.6. The maximum absolute atomic E-state index is 12.9. The van der Waals surface area contributed by atoms with Crippen molar-refractivity contribution in [3.63, 3.8) is 0 Å². The summed E-state index contributed by atoms with van der Waals surface area (Å²) in [5.74, 6) is -0.716. The summed E-state index contributed by atoms with van der Waals surface area (Å²) in [5.41, 5.74) is 1.58. The lowest BCUT2D eigenvalue weighted by Gasteiger charge is -2.09. The molecular formula is C18H20FN3O2. The Labute approximate surface area is 140 Å². The van der Waals surface area contributed by atoms with Crippen LogP contribution in [0.25, 0.3) is 0 Å². The van der Waals surface area contributed by atoms with Crippen LogP contribution < -0.4 is 16.0 Å². The molecule has 3 N–H and O–H groups in total. The van der Waals surface area contributed by atoms with E-state index < -0.39 is 0 Å². The van der Waals surface area contributed by atoms with Crippen molar-refractivity contribution in [1.29, 1.82) is 0 Å². The van der Waals surface area contributed by atoms with E-state index in [0.717, 1.165) is 12.8 Å². The standard InChI is InChI=1S/C18H20FN3O2/c1-2-3-12-20-18(24)22-16-10-8-15(9-11-16)21-17(23)13-4-6-14(19)7-5-13/h4-11H,2-3,12H2,1H3,(H,21,23)(H2,20,22,24). The van der Waals surface area contributed by atoms with E-state index in [0.29, 0.717) is 23.5 Å². The minimum absolute atomic E-state index is 0.258. The molecule has 2 rings (SSSR count). The maximum Gasteiger partial charge on any atom is 0.319 e. The summed E-state index contributed by atoms with van der Waals surface area (Å²) in [5, 5.41) is 8.18. The lowest BCUT2D eigenvalue weighted by atomic mass is 10.2. The zero-order valence-corrected chi connectivity index (χ0v) is 13.4. The fraction of sp³-hybridized carbons (Fsp3) is 0.222. The van der Waals surface area contributed by atoms with Gasteiger partial charge in [0.25, 0.3) is 5.91 Å². The van der Waals surface area contributed by atoms with Crippen LogP contribution >= 0.6 is 0 Å². The zero-order valence-electron chi connectivity index (χ0n) is 13.4. The van der Waals surface area contributed by atoms with Gasteiger partial charge in [0.1, 0.15) is 5.82 Å². The molecule has 0 spiro atoms. The second-order valence-corrected chi connectivity index (χ2v) is 5.27. The van der Waals surface area contributed by atoms with E-state index in [4.69, 9.17) is 0 Å². The van der Waals surface area contributed by atoms with Gasteiger partial charge in [0.05, 0.1) is 0 Å². The van der Waals surface area contributed by atoms with Crippen LogP contribution in [0.2, 0.25) is 0 Å². The normalized spacial score (nSPS) is 10.1. The number of nitrogens with one attached hydrogen (secondary N) is 3. The Morgan fingerprint density at radius 1 is 0.917 bits per heavy atom. The van der Waals surface area contributed by atoms with Crippen LogP contribution in [0, 0.1) is 5.82 Å². The molecule has 0 atom stereocenters. The van der Waals surface area contributed by atoms with E-state index in [1.165, 1.54) is 24.3 Å². The molecule has 0 heterocycles. The van der Waals surface area contributed by atoms with Gasteiger partial charge < -0.3 is 16.0 Å². The van der Waals surface area contributed by atoms with Gasteiger partial charge in [-0.1, -0.05) is 13.3 Å². The topological polar surface area (TPSA) is 70.2 Å². The monoisotopic (exact) mass is 329 g/mol. The smallest absolute Gasteiger partial charge is 0.319 e. The molecule has 0 aliphatic heterocycles. The van der Waals surface area contributed by atoms with Gasteiger partial charge in [0.2, 0.25) is 0 Å². The Bertz CT molecular complexity index is 684. The van der Waals surface area contributed by atoms with Crippen LogP contribution in [0.1, 0.15) is 30.1 Å². The molecule has 0 aliphatic rings. The van der Waals surface area contributed by atoms with Gasteiger partial charge in [-0.25, -0.2) is 9.18 Å². The number of benzene rings is 2. The molecule has 2 aromatic carbocycles. The van der Waals surface area contributed by atoms with Crippen LogP contribution in [-0.4, -0.2) is 18.5 Å². The van der Waals surface area contributed by atoms with Crippen LogP contribution in [0.3, 0.4) is 0 Å². The molecule has 24 heavy (non-hydrogen) atoms. The summed E-state index contributed by atoms with van der Waals surface area (Å²) < 4.78 is 12.9. The van der Waals surface area contributed by atoms with Crippen LogP contribution in [0.5, 0.6) is 0 Å². The Morgan fingerprint density at radius 2 is 1.50 bits per heavy atom. The minimum Gasteiger partial charge on any atom is -0.338 e. The number of carbonyl (C=O) groups excluding carboxylic acids is 2. The molecule has 5 nitrogen and oxygen atoms in total. The van der Waals surface area contributed by atoms with Gasteiger partial charge in [0.15, 0.2) is 0 Å². The van der Waals surface area contributed by atoms with E-state index in [-0.39, 0.29) is 17.8 Å². The molecule has 126 valence electrons. The molecule has 6 heteroatoms. The van der Waals surface area contributed by atoms with E-state index in [1.54, 1.807) is 24.3 Å². The van der Waals surface area contributed by atoms with Crippen LogP contribution in [0.15, 0.2) is 48.5 Å². The number of halogens is 1. The molecule has 0 aromatic heterocycles. The lowest BCUT2D eigenvalue weighted by Crippen LogP contribution is -2.29. The predicted octanol–water partition coefficient (Wildman–Crippen LogP) is 4.00. The van der Waals surface area contributed by atoms with Crippen molar-refractivity contribution in [3.05, 3.63) is 59.9 Å². The molecule has 2 aromatic rings. The Balaban J connectivity index is 1.88. The van der Waals surface area contributed by atoms with Crippen molar-refractivity contribution in [2.75, 3.05) is 17.2 Å². The summed E-state index contributed by atoms with van der Waals surface area (Å²) in [6.45, 7) is 2.69. The first kappa shape index (κ1) is 17.5. The van der Waals surface area contributed by atoms with Crippen molar-refractivity contribution < 1.29 is 14.0 Å². The maximum atomic E-state index is 12.9. The third kappa shape index (κ3) is 5.39. The van der Waals surface area contributed by atoms with Crippen molar-refractivity contribution in [3.8, 4) is 0 Å². The van der Waals surface area contributed by atoms with E-state index in [2.05, 4.69) is 22.9 Å². The molecule has 0 bridgehead atoms. The predicted molar refractivity (Wildman–Crippen MR) is 92.7 cm³/mol. The number of rotatable bonds is 6. The number of hydrogen-bond donors (Lipinski definition) is 3. The van der Waals surface area contributed by atoms with Crippen LogP contribution in [-0.2, 0) is 0 Å². The SMILES string of the molecule is CCCCNC(=O)Nc1ccc(NC(=O)c2ccc(F)cc2)cc1. The molecule has 0 aliphatic carbocycles. The minimum atomic E-state index is -0.390. The highest BCUT2D eigenvalue weighted by molar-refractivity contribution is 6.04. The number of carbonyl (C=O) groups is 2. The molecule has 3 amide bonds. The third-order valence-electron chi connectivity index (χ3n) is 3.32.